The number of hydrogen-bond donors (Lipinski definition) is 1. The van der Waals surface area contributed by atoms with Crippen molar-refractivity contribution >= 4 is 10.3 Å². The summed E-state index contributed by atoms with van der Waals surface area (Å²) in [5.41, 5.74) is 0.210. The van der Waals surface area contributed by atoms with Crippen molar-refractivity contribution in [1.29, 1.82) is 0 Å². The van der Waals surface area contributed by atoms with Crippen molar-refractivity contribution in [2.75, 3.05) is 0 Å². The zero-order valence-electron chi connectivity index (χ0n) is 13.4. The highest BCUT2D eigenvalue weighted by Crippen LogP contribution is 2.23. The summed E-state index contributed by atoms with van der Waals surface area (Å²) in [6.07, 6.45) is 1.13. The number of halogens is 2. The fourth-order valence-electron chi connectivity index (χ4n) is 2.18. The minimum atomic E-state index is -4.37. The highest BCUT2D eigenvalue weighted by atomic mass is 32.2. The van der Waals surface area contributed by atoms with Crippen molar-refractivity contribution in [2.45, 2.75) is 32.2 Å². The number of hydrogen-bond acceptors (Lipinski definition) is 3. The Morgan fingerprint density at radius 1 is 1.00 bits per heavy atom. The van der Waals surface area contributed by atoms with Crippen molar-refractivity contribution in [1.82, 2.24) is 4.72 Å². The van der Waals surface area contributed by atoms with Gasteiger partial charge in [-0.25, -0.2) is 8.78 Å². The predicted octanol–water partition coefficient (Wildman–Crippen LogP) is 3.59. The van der Waals surface area contributed by atoms with E-state index < -0.39 is 33.2 Å². The van der Waals surface area contributed by atoms with E-state index in [1.807, 2.05) is 30.3 Å². The topological polar surface area (TPSA) is 55.4 Å². The summed E-state index contributed by atoms with van der Waals surface area (Å²) in [6, 6.07) is 12.6. The maximum Gasteiger partial charge on any atom is 0.383 e. The van der Waals surface area contributed by atoms with E-state index in [4.69, 9.17) is 0 Å². The van der Waals surface area contributed by atoms with Gasteiger partial charge in [-0.2, -0.15) is 13.1 Å². The predicted molar refractivity (Wildman–Crippen MR) is 87.9 cm³/mol. The molecule has 0 heterocycles. The van der Waals surface area contributed by atoms with Gasteiger partial charge in [0.2, 0.25) is 5.75 Å². The maximum absolute atomic E-state index is 13.5. The average molecular weight is 355 g/mol. The van der Waals surface area contributed by atoms with Crippen LogP contribution in [0, 0.1) is 11.6 Å². The van der Waals surface area contributed by atoms with E-state index in [9.17, 15) is 17.2 Å². The number of rotatable bonds is 7. The number of aryl methyl sites for hydroxylation is 1. The van der Waals surface area contributed by atoms with Crippen LogP contribution in [0.1, 0.15) is 25.8 Å². The summed E-state index contributed by atoms with van der Waals surface area (Å²) in [6.45, 7) is 3.35. The van der Waals surface area contributed by atoms with Crippen LogP contribution in [0.5, 0.6) is 5.75 Å². The van der Waals surface area contributed by atoms with Crippen LogP contribution in [0.4, 0.5) is 8.78 Å². The van der Waals surface area contributed by atoms with E-state index >= 15 is 0 Å². The zero-order chi connectivity index (χ0) is 17.8. The van der Waals surface area contributed by atoms with Gasteiger partial charge in [0.15, 0.2) is 11.6 Å². The van der Waals surface area contributed by atoms with Crippen LogP contribution in [0.15, 0.2) is 48.5 Å². The summed E-state index contributed by atoms with van der Waals surface area (Å²) in [4.78, 5) is 0. The highest BCUT2D eigenvalue weighted by molar-refractivity contribution is 7.85. The van der Waals surface area contributed by atoms with Crippen molar-refractivity contribution in [2.24, 2.45) is 0 Å². The Balaban J connectivity index is 2.04. The molecular formula is C17H19F2NO3S. The van der Waals surface area contributed by atoms with Gasteiger partial charge in [0.25, 0.3) is 0 Å². The summed E-state index contributed by atoms with van der Waals surface area (Å²) in [5.74, 6) is -3.10. The molecule has 0 saturated carbocycles. The lowest BCUT2D eigenvalue weighted by Crippen LogP contribution is -2.45. The molecule has 0 aliphatic carbocycles. The van der Waals surface area contributed by atoms with Gasteiger partial charge in [-0.05, 0) is 44.4 Å². The Kier molecular flexibility index (Phi) is 5.56. The number of para-hydroxylation sites is 1. The molecule has 130 valence electrons. The van der Waals surface area contributed by atoms with Crippen LogP contribution in [0.2, 0.25) is 0 Å². The fourth-order valence-corrected chi connectivity index (χ4v) is 3.38. The van der Waals surface area contributed by atoms with E-state index in [2.05, 4.69) is 8.91 Å². The molecule has 0 radical (unpaired) electrons. The lowest BCUT2D eigenvalue weighted by Gasteiger charge is -2.25. The van der Waals surface area contributed by atoms with Gasteiger partial charge in [-0.15, -0.1) is 0 Å². The summed E-state index contributed by atoms with van der Waals surface area (Å²) in [5, 5.41) is 0. The Morgan fingerprint density at radius 2 is 1.58 bits per heavy atom. The van der Waals surface area contributed by atoms with Crippen molar-refractivity contribution in [3.8, 4) is 5.75 Å². The normalized spacial score (nSPS) is 12.2. The van der Waals surface area contributed by atoms with Gasteiger partial charge in [0, 0.05) is 5.54 Å². The lowest BCUT2D eigenvalue weighted by molar-refractivity contribution is 0.376. The average Bonchev–Trinajstić information content (AvgIpc) is 2.49. The smallest absolute Gasteiger partial charge is 0.365 e. The third-order valence-electron chi connectivity index (χ3n) is 3.39. The Hall–Kier alpha value is -1.99. The molecule has 0 spiro atoms. The zero-order valence-corrected chi connectivity index (χ0v) is 14.2. The molecule has 0 aliphatic rings. The van der Waals surface area contributed by atoms with Gasteiger partial charge >= 0.3 is 10.3 Å². The van der Waals surface area contributed by atoms with Gasteiger partial charge in [0.05, 0.1) is 0 Å². The summed E-state index contributed by atoms with van der Waals surface area (Å²) >= 11 is 0. The molecule has 0 bridgehead atoms. The molecule has 1 N–H and O–H groups in total. The van der Waals surface area contributed by atoms with Crippen LogP contribution in [-0.4, -0.2) is 14.0 Å². The minimum absolute atomic E-state index is 0.485. The first-order valence-corrected chi connectivity index (χ1v) is 8.81. The molecule has 4 nitrogen and oxygen atoms in total. The fraction of sp³-hybridized carbons (Fsp3) is 0.294. The third kappa shape index (κ3) is 5.28. The number of benzene rings is 2. The molecule has 0 aliphatic heterocycles. The second-order valence-corrected chi connectivity index (χ2v) is 7.34. The molecule has 2 aromatic rings. The molecule has 0 amide bonds. The molecule has 2 aromatic carbocycles. The molecule has 0 unspecified atom stereocenters. The first-order valence-electron chi connectivity index (χ1n) is 7.40. The van der Waals surface area contributed by atoms with E-state index in [0.29, 0.717) is 12.8 Å². The monoisotopic (exact) mass is 355 g/mol. The van der Waals surface area contributed by atoms with Gasteiger partial charge in [0.1, 0.15) is 0 Å². The first kappa shape index (κ1) is 18.4. The molecule has 0 saturated heterocycles. The van der Waals surface area contributed by atoms with Crippen LogP contribution in [0.25, 0.3) is 0 Å². The van der Waals surface area contributed by atoms with Gasteiger partial charge < -0.3 is 4.18 Å². The summed E-state index contributed by atoms with van der Waals surface area (Å²) < 4.78 is 58.1. The Labute approximate surface area is 140 Å². The van der Waals surface area contributed by atoms with Crippen molar-refractivity contribution in [3.05, 3.63) is 65.7 Å². The highest BCUT2D eigenvalue weighted by Gasteiger charge is 2.28. The Morgan fingerprint density at radius 3 is 2.17 bits per heavy atom. The number of nitrogens with one attached hydrogen (secondary N) is 1. The van der Waals surface area contributed by atoms with E-state index in [1.165, 1.54) is 0 Å². The Bertz CT molecular complexity index is 772. The molecule has 0 aromatic heterocycles. The van der Waals surface area contributed by atoms with Crippen LogP contribution < -0.4 is 8.91 Å². The van der Waals surface area contributed by atoms with Crippen molar-refractivity contribution in [3.63, 3.8) is 0 Å². The maximum atomic E-state index is 13.5. The lowest BCUT2D eigenvalue weighted by atomic mass is 9.97. The molecule has 7 heteroatoms. The molecule has 24 heavy (non-hydrogen) atoms. The van der Waals surface area contributed by atoms with Gasteiger partial charge in [-0.1, -0.05) is 36.4 Å². The van der Waals surface area contributed by atoms with Crippen molar-refractivity contribution < 1.29 is 21.4 Å². The quantitative estimate of drug-likeness (QED) is 0.826. The largest absolute Gasteiger partial charge is 0.383 e. The molecular weight excluding hydrogens is 336 g/mol. The SMILES string of the molecule is CC(C)(CCc1ccccc1)NS(=O)(=O)Oc1c(F)cccc1F. The molecule has 0 atom stereocenters. The second kappa shape index (κ2) is 7.27. The van der Waals surface area contributed by atoms with E-state index in [1.54, 1.807) is 13.8 Å². The third-order valence-corrected chi connectivity index (χ3v) is 4.58. The standard InChI is InChI=1S/C17H19F2NO3S/c1-17(2,12-11-13-7-4-3-5-8-13)20-24(21,22)23-16-14(18)9-6-10-15(16)19/h3-10,20H,11-12H2,1-2H3. The van der Waals surface area contributed by atoms with Crippen LogP contribution in [-0.2, 0) is 16.7 Å². The minimum Gasteiger partial charge on any atom is -0.365 e. The van der Waals surface area contributed by atoms with Crippen LogP contribution in [0.3, 0.4) is 0 Å². The van der Waals surface area contributed by atoms with E-state index in [-0.39, 0.29) is 0 Å². The first-order chi connectivity index (χ1) is 11.2. The van der Waals surface area contributed by atoms with E-state index in [0.717, 1.165) is 23.8 Å². The molecule has 2 rings (SSSR count). The molecule has 0 fully saturated rings. The summed E-state index contributed by atoms with van der Waals surface area (Å²) in [7, 11) is -4.37. The second-order valence-electron chi connectivity index (χ2n) is 6.06. The van der Waals surface area contributed by atoms with Gasteiger partial charge in [-0.3, -0.25) is 0 Å². The van der Waals surface area contributed by atoms with Crippen LogP contribution >= 0.6 is 0 Å².